The second-order valence-electron chi connectivity index (χ2n) is 3.76. The molecule has 0 aliphatic carbocycles. The second-order valence-corrected chi connectivity index (χ2v) is 3.76. The van der Waals surface area contributed by atoms with Crippen LogP contribution in [-0.2, 0) is 6.18 Å². The molecule has 0 bridgehead atoms. The zero-order valence-electron chi connectivity index (χ0n) is 9.44. The molecule has 0 aromatic carbocycles. The van der Waals surface area contributed by atoms with E-state index in [1.807, 2.05) is 0 Å². The fraction of sp³-hybridized carbons (Fsp3) is 0.500. The average molecular weight is 291 g/mol. The minimum Gasteiger partial charge on any atom is -0.471 e. The maximum absolute atomic E-state index is 12.8. The predicted molar refractivity (Wildman–Crippen MR) is 50.3 cm³/mol. The molecule has 0 aliphatic heterocycles. The Morgan fingerprint density at radius 2 is 1.63 bits per heavy atom. The molecule has 0 atom stereocenters. The minimum atomic E-state index is -4.63. The van der Waals surface area contributed by atoms with Gasteiger partial charge >= 0.3 is 18.0 Å². The maximum atomic E-state index is 12.8. The van der Waals surface area contributed by atoms with Gasteiger partial charge in [0.25, 0.3) is 0 Å². The summed E-state index contributed by atoms with van der Waals surface area (Å²) in [5.41, 5.74) is -1.10. The topological polar surface area (TPSA) is 22.1 Å². The Kier molecular flexibility index (Phi) is 3.97. The molecule has 0 unspecified atom stereocenters. The van der Waals surface area contributed by atoms with E-state index in [0.29, 0.717) is 18.3 Å². The summed E-state index contributed by atoms with van der Waals surface area (Å²) in [6.45, 7) is -1.68. The summed E-state index contributed by atoms with van der Waals surface area (Å²) in [4.78, 5) is 3.11. The third kappa shape index (κ3) is 3.97. The van der Waals surface area contributed by atoms with Gasteiger partial charge in [0.05, 0.1) is 5.56 Å². The smallest absolute Gasteiger partial charge is 0.417 e. The van der Waals surface area contributed by atoms with Crippen molar-refractivity contribution in [2.24, 2.45) is 0 Å². The van der Waals surface area contributed by atoms with E-state index >= 15 is 0 Å². The Hall–Kier alpha value is -1.54. The molecule has 0 spiro atoms. The van der Waals surface area contributed by atoms with Crippen LogP contribution in [0.4, 0.5) is 30.7 Å². The van der Waals surface area contributed by atoms with Crippen molar-refractivity contribution in [2.45, 2.75) is 24.9 Å². The van der Waals surface area contributed by atoms with Crippen molar-refractivity contribution in [1.29, 1.82) is 0 Å². The lowest BCUT2D eigenvalue weighted by Crippen LogP contribution is -2.42. The van der Waals surface area contributed by atoms with Crippen molar-refractivity contribution in [3.05, 3.63) is 23.9 Å². The number of alkyl halides is 7. The van der Waals surface area contributed by atoms with Gasteiger partial charge < -0.3 is 4.74 Å². The van der Waals surface area contributed by atoms with E-state index in [9.17, 15) is 30.7 Å². The van der Waals surface area contributed by atoms with E-state index < -0.39 is 36.1 Å². The predicted octanol–water partition coefficient (Wildman–Crippen LogP) is 3.77. The molecule has 1 aromatic heterocycles. The zero-order chi connectivity index (χ0) is 14.9. The molecule has 2 nitrogen and oxygen atoms in total. The highest BCUT2D eigenvalue weighted by Crippen LogP contribution is 2.34. The van der Waals surface area contributed by atoms with Crippen LogP contribution < -0.4 is 4.74 Å². The number of hydrogen-bond donors (Lipinski definition) is 0. The molecular formula is C10H8F7NO. The number of halogens is 7. The van der Waals surface area contributed by atoms with Gasteiger partial charge in [-0.2, -0.15) is 22.0 Å². The number of nitrogens with zero attached hydrogens (tertiary/aromatic N) is 1. The molecule has 0 saturated heterocycles. The summed E-state index contributed by atoms with van der Waals surface area (Å²) < 4.78 is 91.2. The summed E-state index contributed by atoms with van der Waals surface area (Å²) in [6.07, 6.45) is -4.27. The first-order valence-electron chi connectivity index (χ1n) is 4.85. The van der Waals surface area contributed by atoms with Gasteiger partial charge in [0.2, 0.25) is 5.88 Å². The number of aromatic nitrogens is 1. The summed E-state index contributed by atoms with van der Waals surface area (Å²) in [5, 5.41) is 0. The largest absolute Gasteiger partial charge is 0.471 e. The molecule has 0 fully saturated rings. The Morgan fingerprint density at radius 3 is 2.00 bits per heavy atom. The number of hydrogen-bond acceptors (Lipinski definition) is 2. The number of pyridine rings is 1. The Bertz CT molecular complexity index is 421. The van der Waals surface area contributed by atoms with Crippen LogP contribution in [0.2, 0.25) is 0 Å². The quantitative estimate of drug-likeness (QED) is 0.788. The average Bonchev–Trinajstić information content (AvgIpc) is 2.24. The van der Waals surface area contributed by atoms with Gasteiger partial charge in [0.1, 0.15) is 0 Å². The van der Waals surface area contributed by atoms with Crippen LogP contribution in [-0.4, -0.2) is 23.4 Å². The lowest BCUT2D eigenvalue weighted by molar-refractivity contribution is -0.211. The van der Waals surface area contributed by atoms with Gasteiger partial charge in [-0.05, 0) is 6.07 Å². The molecule has 0 amide bonds. The summed E-state index contributed by atoms with van der Waals surface area (Å²) in [7, 11) is 0. The van der Waals surface area contributed by atoms with Crippen LogP contribution in [0, 0.1) is 0 Å². The van der Waals surface area contributed by atoms with Crippen LogP contribution in [0.25, 0.3) is 0 Å². The molecule has 108 valence electrons. The van der Waals surface area contributed by atoms with Crippen molar-refractivity contribution in [3.63, 3.8) is 0 Å². The monoisotopic (exact) mass is 291 g/mol. The SMILES string of the molecule is CC(F)(F)C(F)(F)COc1ccc(C(F)(F)F)cn1. The zero-order valence-corrected chi connectivity index (χ0v) is 9.44. The Labute approximate surface area is 103 Å². The van der Waals surface area contributed by atoms with E-state index in [0.717, 1.165) is 0 Å². The van der Waals surface area contributed by atoms with Crippen molar-refractivity contribution < 1.29 is 35.5 Å². The molecule has 9 heteroatoms. The van der Waals surface area contributed by atoms with Crippen LogP contribution in [0.1, 0.15) is 12.5 Å². The van der Waals surface area contributed by atoms with Gasteiger partial charge in [0, 0.05) is 19.2 Å². The van der Waals surface area contributed by atoms with E-state index in [1.54, 1.807) is 0 Å². The fourth-order valence-electron chi connectivity index (χ4n) is 0.925. The Morgan fingerprint density at radius 1 is 1.05 bits per heavy atom. The molecule has 0 aliphatic rings. The van der Waals surface area contributed by atoms with Gasteiger partial charge in [-0.1, -0.05) is 0 Å². The highest BCUT2D eigenvalue weighted by atomic mass is 19.4. The number of ether oxygens (including phenoxy) is 1. The third-order valence-electron chi connectivity index (χ3n) is 2.11. The first-order valence-corrected chi connectivity index (χ1v) is 4.85. The lowest BCUT2D eigenvalue weighted by Gasteiger charge is -2.22. The Balaban J connectivity index is 2.70. The van der Waals surface area contributed by atoms with Gasteiger partial charge in [0.15, 0.2) is 6.61 Å². The van der Waals surface area contributed by atoms with Crippen molar-refractivity contribution in [1.82, 2.24) is 4.98 Å². The molecule has 0 saturated carbocycles. The molecule has 0 N–H and O–H groups in total. The maximum Gasteiger partial charge on any atom is 0.417 e. The van der Waals surface area contributed by atoms with Gasteiger partial charge in [-0.25, -0.2) is 13.8 Å². The molecule has 19 heavy (non-hydrogen) atoms. The summed E-state index contributed by atoms with van der Waals surface area (Å²) in [6, 6.07) is 1.22. The van der Waals surface area contributed by atoms with Gasteiger partial charge in [-0.3, -0.25) is 0 Å². The number of rotatable bonds is 4. The van der Waals surface area contributed by atoms with Crippen LogP contribution in [0.3, 0.4) is 0 Å². The van der Waals surface area contributed by atoms with Crippen molar-refractivity contribution in [3.8, 4) is 5.88 Å². The molecule has 1 heterocycles. The van der Waals surface area contributed by atoms with Crippen LogP contribution >= 0.6 is 0 Å². The molecular weight excluding hydrogens is 283 g/mol. The normalized spacial score (nSPS) is 13.5. The minimum absolute atomic E-state index is 0.0105. The fourth-order valence-corrected chi connectivity index (χ4v) is 0.925. The van der Waals surface area contributed by atoms with Crippen molar-refractivity contribution in [2.75, 3.05) is 6.61 Å². The van der Waals surface area contributed by atoms with E-state index in [-0.39, 0.29) is 6.92 Å². The third-order valence-corrected chi connectivity index (χ3v) is 2.11. The highest BCUT2D eigenvalue weighted by Gasteiger charge is 2.53. The second kappa shape index (κ2) is 4.86. The first kappa shape index (κ1) is 15.5. The molecule has 0 radical (unpaired) electrons. The molecule has 1 aromatic rings. The van der Waals surface area contributed by atoms with E-state index in [2.05, 4.69) is 9.72 Å². The highest BCUT2D eigenvalue weighted by molar-refractivity contribution is 5.20. The van der Waals surface area contributed by atoms with Crippen LogP contribution in [0.5, 0.6) is 5.88 Å². The van der Waals surface area contributed by atoms with Crippen molar-refractivity contribution >= 4 is 0 Å². The van der Waals surface area contributed by atoms with Crippen LogP contribution in [0.15, 0.2) is 18.3 Å². The molecule has 1 rings (SSSR count). The standard InChI is InChI=1S/C10H8F7NO/c1-8(11,12)9(13,14)5-19-7-3-2-6(4-18-7)10(15,16)17/h2-4H,5H2,1H3. The summed E-state index contributed by atoms with van der Waals surface area (Å²) >= 11 is 0. The summed E-state index contributed by atoms with van der Waals surface area (Å²) in [5.74, 6) is -9.35. The van der Waals surface area contributed by atoms with E-state index in [1.165, 1.54) is 0 Å². The lowest BCUT2D eigenvalue weighted by atomic mass is 10.2. The van der Waals surface area contributed by atoms with E-state index in [4.69, 9.17) is 0 Å². The first-order chi connectivity index (χ1) is 8.43. The van der Waals surface area contributed by atoms with Gasteiger partial charge in [-0.15, -0.1) is 0 Å².